The fourth-order valence-corrected chi connectivity index (χ4v) is 6.87. The highest BCUT2D eigenvalue weighted by molar-refractivity contribution is 7.98. The molecule has 1 amide bonds. The number of amides is 1. The van der Waals surface area contributed by atoms with Crippen LogP contribution in [0.5, 0.6) is 0 Å². The van der Waals surface area contributed by atoms with Crippen LogP contribution in [0.4, 0.5) is 5.69 Å². The third-order valence-electron chi connectivity index (χ3n) is 7.46. The Bertz CT molecular complexity index is 1690. The zero-order chi connectivity index (χ0) is 31.7. The Hall–Kier alpha value is -4.08. The number of carbonyl (C=O) groups is 2. The number of aryl methyl sites for hydroxylation is 2. The van der Waals surface area contributed by atoms with Gasteiger partial charge in [-0.15, -0.1) is 0 Å². The van der Waals surface area contributed by atoms with Crippen LogP contribution >= 0.6 is 11.8 Å². The summed E-state index contributed by atoms with van der Waals surface area (Å²) in [5, 5.41) is 2.86. The largest absolute Gasteiger partial charge is 0.467 e. The van der Waals surface area contributed by atoms with Crippen LogP contribution in [0, 0.1) is 6.92 Å². The molecule has 0 aromatic heterocycles. The van der Waals surface area contributed by atoms with Crippen LogP contribution in [0.2, 0.25) is 0 Å². The van der Waals surface area contributed by atoms with Gasteiger partial charge in [0.1, 0.15) is 6.04 Å². The Morgan fingerprint density at radius 3 is 2.18 bits per heavy atom. The molecule has 0 aliphatic carbocycles. The summed E-state index contributed by atoms with van der Waals surface area (Å²) in [5.74, 6) is -0.235. The number of hydrogen-bond donors (Lipinski definition) is 1. The van der Waals surface area contributed by atoms with Gasteiger partial charge in [-0.05, 0) is 96.0 Å². The molecule has 4 aromatic carbocycles. The summed E-state index contributed by atoms with van der Waals surface area (Å²) in [5.41, 5.74) is 5.09. The molecule has 0 bridgehead atoms. The van der Waals surface area contributed by atoms with Crippen LogP contribution in [0.3, 0.4) is 0 Å². The highest BCUT2D eigenvalue weighted by Crippen LogP contribution is 2.31. The van der Waals surface area contributed by atoms with Crippen molar-refractivity contribution in [2.75, 3.05) is 23.4 Å². The third-order valence-corrected chi connectivity index (χ3v) is 9.89. The van der Waals surface area contributed by atoms with Gasteiger partial charge < -0.3 is 10.1 Å². The number of para-hydroxylation sites is 1. The van der Waals surface area contributed by atoms with E-state index >= 15 is 0 Å². The molecule has 0 aliphatic heterocycles. The van der Waals surface area contributed by atoms with Crippen molar-refractivity contribution in [1.82, 2.24) is 5.32 Å². The maximum absolute atomic E-state index is 14.0. The number of sulfonamides is 1. The highest BCUT2D eigenvalue weighted by atomic mass is 32.2. The first kappa shape index (κ1) is 32.8. The molecule has 4 aromatic rings. The molecule has 0 heterocycles. The fourth-order valence-electron chi connectivity index (χ4n) is 4.95. The summed E-state index contributed by atoms with van der Waals surface area (Å²) in [7, 11) is -2.62. The van der Waals surface area contributed by atoms with Gasteiger partial charge >= 0.3 is 5.97 Å². The molecule has 44 heavy (non-hydrogen) atoms. The number of thioether (sulfide) groups is 1. The van der Waals surface area contributed by atoms with Crippen LogP contribution in [-0.2, 0) is 32.5 Å². The number of nitrogens with zero attached hydrogens (tertiary/aromatic N) is 1. The Balaban J connectivity index is 1.78. The van der Waals surface area contributed by atoms with Crippen molar-refractivity contribution in [3.63, 3.8) is 0 Å². The second-order valence-electron chi connectivity index (χ2n) is 10.4. The Kier molecular flexibility index (Phi) is 11.3. The van der Waals surface area contributed by atoms with Crippen molar-refractivity contribution in [2.24, 2.45) is 0 Å². The molecule has 230 valence electrons. The molecular formula is C35H38N2O5S2. The molecule has 9 heteroatoms. The maximum Gasteiger partial charge on any atom is 0.328 e. The van der Waals surface area contributed by atoms with Gasteiger partial charge in [0.25, 0.3) is 15.9 Å². The van der Waals surface area contributed by atoms with Crippen LogP contribution in [-0.4, -0.2) is 45.5 Å². The first-order valence-electron chi connectivity index (χ1n) is 14.4. The van der Waals surface area contributed by atoms with Gasteiger partial charge in [0.2, 0.25) is 0 Å². The van der Waals surface area contributed by atoms with Crippen molar-refractivity contribution in [3.8, 4) is 11.1 Å². The summed E-state index contributed by atoms with van der Waals surface area (Å²) in [6.45, 7) is 4.02. The number of esters is 1. The molecule has 7 nitrogen and oxygen atoms in total. The summed E-state index contributed by atoms with van der Waals surface area (Å²) in [6, 6.07) is 28.2. The van der Waals surface area contributed by atoms with E-state index in [2.05, 4.69) is 5.32 Å². The zero-order valence-corrected chi connectivity index (χ0v) is 27.1. The molecule has 1 N–H and O–H groups in total. The van der Waals surface area contributed by atoms with Gasteiger partial charge in [0, 0.05) is 5.56 Å². The van der Waals surface area contributed by atoms with E-state index in [0.29, 0.717) is 34.6 Å². The van der Waals surface area contributed by atoms with Gasteiger partial charge in [-0.1, -0.05) is 67.6 Å². The number of nitrogens with one attached hydrogen (secondary N) is 1. The zero-order valence-electron chi connectivity index (χ0n) is 25.4. The predicted molar refractivity (Wildman–Crippen MR) is 179 cm³/mol. The molecule has 0 fully saturated rings. The van der Waals surface area contributed by atoms with Gasteiger partial charge in [0.05, 0.1) is 24.2 Å². The Morgan fingerprint density at radius 1 is 0.886 bits per heavy atom. The number of rotatable bonds is 13. The standard InChI is InChI=1S/C35H38N2O5S2/c1-5-26-15-18-29(19-16-26)44(40,41)37(28-12-7-6-8-13-28)24-27-17-20-31(32(23-27)30-14-10-9-11-25(30)2)34(38)36-33(21-22-43-4)35(39)42-3/h6-20,23,33H,5,21-22,24H2,1-4H3,(H,36,38). The lowest BCUT2D eigenvalue weighted by atomic mass is 9.93. The molecule has 0 spiro atoms. The molecule has 0 aliphatic rings. The van der Waals surface area contributed by atoms with Crippen LogP contribution in [0.15, 0.2) is 102 Å². The van der Waals surface area contributed by atoms with Gasteiger partial charge in [-0.2, -0.15) is 11.8 Å². The first-order valence-corrected chi connectivity index (χ1v) is 17.3. The number of anilines is 1. The fraction of sp³-hybridized carbons (Fsp3) is 0.257. The van der Waals surface area contributed by atoms with Crippen molar-refractivity contribution in [1.29, 1.82) is 0 Å². The summed E-state index contributed by atoms with van der Waals surface area (Å²) >= 11 is 1.58. The van der Waals surface area contributed by atoms with E-state index in [9.17, 15) is 18.0 Å². The van der Waals surface area contributed by atoms with Crippen LogP contribution in [0.25, 0.3) is 11.1 Å². The second-order valence-corrected chi connectivity index (χ2v) is 13.2. The molecule has 4 rings (SSSR count). The van der Waals surface area contributed by atoms with Crippen molar-refractivity contribution in [2.45, 2.75) is 44.2 Å². The second kappa shape index (κ2) is 15.1. The SMILES string of the molecule is CCc1ccc(S(=O)(=O)N(Cc2ccc(C(=O)NC(CCSC)C(=O)OC)c(-c3ccccc3C)c2)c2ccccc2)cc1. The number of ether oxygens (including phenoxy) is 1. The van der Waals surface area contributed by atoms with Crippen LogP contribution < -0.4 is 9.62 Å². The monoisotopic (exact) mass is 630 g/mol. The van der Waals surface area contributed by atoms with Crippen molar-refractivity contribution in [3.05, 3.63) is 119 Å². The number of carbonyl (C=O) groups excluding carboxylic acids is 2. The highest BCUT2D eigenvalue weighted by Gasteiger charge is 2.27. The number of hydrogen-bond acceptors (Lipinski definition) is 6. The molecule has 0 saturated heterocycles. The average Bonchev–Trinajstić information content (AvgIpc) is 3.05. The topological polar surface area (TPSA) is 92.8 Å². The normalized spacial score (nSPS) is 11.9. The van der Waals surface area contributed by atoms with Gasteiger partial charge in [-0.3, -0.25) is 9.10 Å². The molecule has 1 unspecified atom stereocenters. The van der Waals surface area contributed by atoms with E-state index in [1.807, 2.05) is 68.6 Å². The van der Waals surface area contributed by atoms with Crippen molar-refractivity contribution < 1.29 is 22.7 Å². The quantitative estimate of drug-likeness (QED) is 0.167. The lowest BCUT2D eigenvalue weighted by Crippen LogP contribution is -2.42. The molecule has 0 saturated carbocycles. The predicted octanol–water partition coefficient (Wildman–Crippen LogP) is 6.64. The summed E-state index contributed by atoms with van der Waals surface area (Å²) in [6.07, 6.45) is 3.17. The lowest BCUT2D eigenvalue weighted by Gasteiger charge is -2.25. The Labute approximate surface area is 264 Å². The number of benzene rings is 4. The first-order chi connectivity index (χ1) is 21.2. The summed E-state index contributed by atoms with van der Waals surface area (Å²) in [4.78, 5) is 26.3. The molecule has 0 radical (unpaired) electrons. The van der Waals surface area contributed by atoms with E-state index in [1.54, 1.807) is 60.3 Å². The molecule has 1 atom stereocenters. The minimum atomic E-state index is -3.93. The van der Waals surface area contributed by atoms with E-state index in [4.69, 9.17) is 4.74 Å². The third kappa shape index (κ3) is 7.70. The molecular weight excluding hydrogens is 593 g/mol. The van der Waals surface area contributed by atoms with E-state index < -0.39 is 27.9 Å². The number of methoxy groups -OCH3 is 1. The van der Waals surface area contributed by atoms with Gasteiger partial charge in [0.15, 0.2) is 0 Å². The minimum Gasteiger partial charge on any atom is -0.467 e. The van der Waals surface area contributed by atoms with E-state index in [0.717, 1.165) is 23.1 Å². The lowest BCUT2D eigenvalue weighted by molar-refractivity contribution is -0.142. The van der Waals surface area contributed by atoms with Crippen LogP contribution in [0.1, 0.15) is 40.4 Å². The van der Waals surface area contributed by atoms with Gasteiger partial charge in [-0.25, -0.2) is 13.2 Å². The van der Waals surface area contributed by atoms with Crippen molar-refractivity contribution >= 4 is 39.3 Å². The van der Waals surface area contributed by atoms with E-state index in [-0.39, 0.29) is 11.4 Å². The minimum absolute atomic E-state index is 0.0428. The Morgan fingerprint density at radius 2 is 1.55 bits per heavy atom. The average molecular weight is 631 g/mol. The van der Waals surface area contributed by atoms with E-state index in [1.165, 1.54) is 11.4 Å². The smallest absolute Gasteiger partial charge is 0.328 e. The summed E-state index contributed by atoms with van der Waals surface area (Å²) < 4.78 is 34.4. The maximum atomic E-state index is 14.0.